The third kappa shape index (κ3) is 5.30. The van der Waals surface area contributed by atoms with Gasteiger partial charge in [0.15, 0.2) is 8.24 Å². The Hall–Kier alpha value is -1.99. The summed E-state index contributed by atoms with van der Waals surface area (Å²) in [5, 5.41) is 4.17. The molecule has 1 N–H and O–H groups in total. The Kier molecular flexibility index (Phi) is 8.58. The summed E-state index contributed by atoms with van der Waals surface area (Å²) in [4.78, 5) is 15.1. The minimum absolute atomic E-state index is 0.450. The van der Waals surface area contributed by atoms with Crippen molar-refractivity contribution < 1.29 is 14.3 Å². The van der Waals surface area contributed by atoms with E-state index in [0.717, 1.165) is 34.4 Å². The molecule has 1 amide bonds. The third-order valence-corrected chi connectivity index (χ3v) is 13.7. The van der Waals surface area contributed by atoms with E-state index in [2.05, 4.69) is 82.4 Å². The molecule has 0 aliphatic heterocycles. The van der Waals surface area contributed by atoms with Gasteiger partial charge >= 0.3 is 6.09 Å². The monoisotopic (exact) mass is 489 g/mol. The Morgan fingerprint density at radius 3 is 2.03 bits per heavy atom. The number of aromatic nitrogens is 1. The van der Waals surface area contributed by atoms with E-state index in [1.165, 1.54) is 5.56 Å². The fourth-order valence-corrected chi connectivity index (χ4v) is 12.6. The molecule has 0 saturated heterocycles. The van der Waals surface area contributed by atoms with Crippen LogP contribution in [0.2, 0.25) is 16.6 Å². The SMILES string of the molecule is COc1cc2c(c(CN(C)C)cn2[Si](C(C)C)(C(C)C)C(C)C)c(NC(=O)OC(C)(C)C)c1C. The van der Waals surface area contributed by atoms with Gasteiger partial charge in [-0.25, -0.2) is 4.79 Å². The van der Waals surface area contributed by atoms with Crippen molar-refractivity contribution in [2.45, 2.75) is 98.0 Å². The number of methoxy groups -OCH3 is 1. The maximum absolute atomic E-state index is 12.9. The molecule has 1 heterocycles. The maximum atomic E-state index is 12.9. The van der Waals surface area contributed by atoms with Gasteiger partial charge in [0.1, 0.15) is 11.4 Å². The number of ether oxygens (including phenoxy) is 2. The van der Waals surface area contributed by atoms with Crippen molar-refractivity contribution in [1.29, 1.82) is 0 Å². The van der Waals surface area contributed by atoms with Gasteiger partial charge in [0, 0.05) is 35.3 Å². The van der Waals surface area contributed by atoms with Gasteiger partial charge in [0.25, 0.3) is 0 Å². The van der Waals surface area contributed by atoms with Gasteiger partial charge in [-0.15, -0.1) is 0 Å². The number of carbonyl (C=O) groups is 1. The van der Waals surface area contributed by atoms with E-state index in [9.17, 15) is 4.79 Å². The molecule has 0 bridgehead atoms. The van der Waals surface area contributed by atoms with Crippen LogP contribution in [0.1, 0.15) is 73.4 Å². The van der Waals surface area contributed by atoms with Gasteiger partial charge in [-0.2, -0.15) is 0 Å². The van der Waals surface area contributed by atoms with Crippen LogP contribution in [-0.4, -0.2) is 50.3 Å². The van der Waals surface area contributed by atoms with E-state index in [1.54, 1.807) is 7.11 Å². The van der Waals surface area contributed by atoms with E-state index in [1.807, 2.05) is 27.7 Å². The highest BCUT2D eigenvalue weighted by Gasteiger charge is 2.46. The van der Waals surface area contributed by atoms with E-state index < -0.39 is 19.9 Å². The average Bonchev–Trinajstić information content (AvgIpc) is 2.99. The number of fused-ring (bicyclic) bond motifs is 1. The third-order valence-electron chi connectivity index (χ3n) is 6.91. The molecule has 2 rings (SSSR count). The Labute approximate surface area is 208 Å². The zero-order valence-corrected chi connectivity index (χ0v) is 24.7. The Morgan fingerprint density at radius 2 is 1.62 bits per heavy atom. The standard InChI is InChI=1S/C27H47N3O3Si/c1-17(2)34(18(3)4,19(5)6)30-16-21(15-29(11)12)24-22(30)14-23(32-13)20(7)25(24)28-26(31)33-27(8,9)10/h14,16-19H,15H2,1-13H3,(H,28,31). The highest BCUT2D eigenvalue weighted by atomic mass is 28.3. The zero-order valence-electron chi connectivity index (χ0n) is 23.7. The summed E-state index contributed by atoms with van der Waals surface area (Å²) >= 11 is 0. The highest BCUT2D eigenvalue weighted by molar-refractivity contribution is 6.82. The first-order valence-electron chi connectivity index (χ1n) is 12.4. The lowest BCUT2D eigenvalue weighted by Gasteiger charge is -2.44. The van der Waals surface area contributed by atoms with E-state index in [-0.39, 0.29) is 0 Å². The molecule has 2 aromatic rings. The summed E-state index contributed by atoms with van der Waals surface area (Å²) in [7, 11) is 3.80. The number of nitrogens with zero attached hydrogens (tertiary/aromatic N) is 2. The van der Waals surface area contributed by atoms with Gasteiger partial charge in [-0.3, -0.25) is 5.32 Å². The lowest BCUT2D eigenvalue weighted by Crippen LogP contribution is -2.51. The van der Waals surface area contributed by atoms with Crippen molar-refractivity contribution in [1.82, 2.24) is 9.13 Å². The zero-order chi connectivity index (χ0) is 26.2. The molecule has 6 nitrogen and oxygen atoms in total. The molecule has 0 atom stereocenters. The summed E-state index contributed by atoms with van der Waals surface area (Å²) in [5.41, 5.74) is 5.04. The van der Waals surface area contributed by atoms with E-state index in [4.69, 9.17) is 9.47 Å². The van der Waals surface area contributed by atoms with Crippen LogP contribution in [0.4, 0.5) is 10.5 Å². The second-order valence-electron chi connectivity index (χ2n) is 11.7. The van der Waals surface area contributed by atoms with Crippen LogP contribution in [-0.2, 0) is 11.3 Å². The molecule has 0 aliphatic carbocycles. The Bertz CT molecular complexity index is 995. The molecule has 192 valence electrons. The second kappa shape index (κ2) is 10.3. The maximum Gasteiger partial charge on any atom is 0.412 e. The lowest BCUT2D eigenvalue weighted by atomic mass is 10.0. The lowest BCUT2D eigenvalue weighted by molar-refractivity contribution is 0.0636. The number of nitrogens with one attached hydrogen (secondary N) is 1. The minimum atomic E-state index is -2.05. The molecule has 7 heteroatoms. The first-order chi connectivity index (χ1) is 15.6. The van der Waals surface area contributed by atoms with Crippen LogP contribution < -0.4 is 10.1 Å². The number of rotatable bonds is 8. The molecule has 1 aromatic heterocycles. The quantitative estimate of drug-likeness (QED) is 0.393. The van der Waals surface area contributed by atoms with Gasteiger partial charge in [-0.05, 0) is 64.0 Å². The first kappa shape index (κ1) is 28.2. The van der Waals surface area contributed by atoms with Crippen LogP contribution in [0.5, 0.6) is 5.75 Å². The van der Waals surface area contributed by atoms with Crippen LogP contribution in [0.25, 0.3) is 10.9 Å². The number of hydrogen-bond donors (Lipinski definition) is 1. The number of anilines is 1. The van der Waals surface area contributed by atoms with Crippen LogP contribution in [0, 0.1) is 6.92 Å². The molecule has 0 radical (unpaired) electrons. The average molecular weight is 490 g/mol. The second-order valence-corrected chi connectivity index (χ2v) is 17.4. The Morgan fingerprint density at radius 1 is 1.09 bits per heavy atom. The molecule has 1 aromatic carbocycles. The first-order valence-corrected chi connectivity index (χ1v) is 14.6. The molecule has 34 heavy (non-hydrogen) atoms. The molecule has 0 unspecified atom stereocenters. The topological polar surface area (TPSA) is 55.7 Å². The number of amides is 1. The van der Waals surface area contributed by atoms with Crippen LogP contribution >= 0.6 is 0 Å². The fraction of sp³-hybridized carbons (Fsp3) is 0.667. The fourth-order valence-electron chi connectivity index (χ4n) is 5.94. The summed E-state index contributed by atoms with van der Waals surface area (Å²) in [6.45, 7) is 22.6. The smallest absolute Gasteiger partial charge is 0.412 e. The molecule has 0 fully saturated rings. The summed E-state index contributed by atoms with van der Waals surface area (Å²) in [6.07, 6.45) is 1.91. The molecule has 0 saturated carbocycles. The minimum Gasteiger partial charge on any atom is -0.496 e. The summed E-state index contributed by atoms with van der Waals surface area (Å²) < 4.78 is 14.0. The van der Waals surface area contributed by atoms with Crippen LogP contribution in [0.3, 0.4) is 0 Å². The van der Waals surface area contributed by atoms with Crippen molar-refractivity contribution in [3.05, 3.63) is 23.4 Å². The number of carbonyl (C=O) groups excluding carboxylic acids is 1. The largest absolute Gasteiger partial charge is 0.496 e. The van der Waals surface area contributed by atoms with Crippen molar-refractivity contribution in [2.24, 2.45) is 0 Å². The summed E-state index contributed by atoms with van der Waals surface area (Å²) in [5.74, 6) is 0.772. The van der Waals surface area contributed by atoms with Crippen molar-refractivity contribution in [3.8, 4) is 5.75 Å². The normalized spacial score (nSPS) is 13.0. The molecular formula is C27H47N3O3Si. The van der Waals surface area contributed by atoms with Crippen LogP contribution in [0.15, 0.2) is 12.3 Å². The van der Waals surface area contributed by atoms with Gasteiger partial charge in [0.05, 0.1) is 12.8 Å². The predicted octanol–water partition coefficient (Wildman–Crippen LogP) is 7.39. The van der Waals surface area contributed by atoms with Gasteiger partial charge in [0.2, 0.25) is 0 Å². The number of hydrogen-bond acceptors (Lipinski definition) is 4. The van der Waals surface area contributed by atoms with E-state index in [0.29, 0.717) is 16.6 Å². The number of benzene rings is 1. The van der Waals surface area contributed by atoms with Crippen molar-refractivity contribution in [2.75, 3.05) is 26.5 Å². The molecule has 0 spiro atoms. The predicted molar refractivity (Wildman–Crippen MR) is 147 cm³/mol. The highest BCUT2D eigenvalue weighted by Crippen LogP contribution is 2.47. The van der Waals surface area contributed by atoms with E-state index >= 15 is 0 Å². The summed E-state index contributed by atoms with van der Waals surface area (Å²) in [6, 6.07) is 2.17. The molecular weight excluding hydrogens is 442 g/mol. The molecule has 0 aliphatic rings. The van der Waals surface area contributed by atoms with Crippen molar-refractivity contribution in [3.63, 3.8) is 0 Å². The van der Waals surface area contributed by atoms with Gasteiger partial charge < -0.3 is 18.6 Å². The van der Waals surface area contributed by atoms with Gasteiger partial charge in [-0.1, -0.05) is 41.5 Å². The Balaban J connectivity index is 2.99. The van der Waals surface area contributed by atoms with Crippen molar-refractivity contribution >= 4 is 30.9 Å².